The molecule has 2 aliphatic rings. The molecule has 2 aliphatic heterocycles. The molecule has 2 fully saturated rings. The Morgan fingerprint density at radius 1 is 0.909 bits per heavy atom. The molecule has 0 atom stereocenters. The van der Waals surface area contributed by atoms with Gasteiger partial charge in [0.25, 0.3) is 0 Å². The van der Waals surface area contributed by atoms with Gasteiger partial charge in [-0.2, -0.15) is 0 Å². The smallest absolute Gasteiger partial charge is 0.132 e. The highest BCUT2D eigenvalue weighted by atomic mass is 28.3. The topological polar surface area (TPSA) is 17.1 Å². The molecule has 0 radical (unpaired) electrons. The standard InChI is InChI=1S/C19H30OSi2/c1-21(2,3)19-6-4-16(5-7-19)17-8-12-22(13-9-17)14-10-18(20)11-15-22/h4-7,17H,8-15H2,1-3H3. The number of ketones is 1. The second-order valence-corrected chi connectivity index (χ2v) is 18.8. The second-order valence-electron chi connectivity index (χ2n) is 8.68. The van der Waals surface area contributed by atoms with Crippen molar-refractivity contribution in [2.45, 2.75) is 75.4 Å². The Kier molecular flexibility index (Phi) is 4.48. The number of hydrogen-bond donors (Lipinski definition) is 0. The molecule has 1 spiro atoms. The minimum atomic E-state index is -1.17. The Labute approximate surface area is 137 Å². The van der Waals surface area contributed by atoms with Gasteiger partial charge in [-0.25, -0.2) is 0 Å². The van der Waals surface area contributed by atoms with Crippen LogP contribution < -0.4 is 5.19 Å². The average molecular weight is 331 g/mol. The van der Waals surface area contributed by atoms with Crippen LogP contribution in [-0.2, 0) is 4.79 Å². The van der Waals surface area contributed by atoms with Crippen molar-refractivity contribution < 1.29 is 4.79 Å². The molecule has 120 valence electrons. The molecule has 0 aliphatic carbocycles. The summed E-state index contributed by atoms with van der Waals surface area (Å²) in [6.07, 6.45) is 4.57. The first kappa shape index (κ1) is 16.2. The lowest BCUT2D eigenvalue weighted by atomic mass is 9.93. The average Bonchev–Trinajstić information content (AvgIpc) is 2.51. The Hall–Kier alpha value is -0.676. The third-order valence-electron chi connectivity index (χ3n) is 6.16. The van der Waals surface area contributed by atoms with Crippen LogP contribution in [0, 0.1) is 0 Å². The highest BCUT2D eigenvalue weighted by Crippen LogP contribution is 2.44. The van der Waals surface area contributed by atoms with Crippen LogP contribution in [-0.4, -0.2) is 21.9 Å². The number of hydrogen-bond acceptors (Lipinski definition) is 1. The first-order valence-electron chi connectivity index (χ1n) is 9.00. The molecular weight excluding hydrogens is 300 g/mol. The van der Waals surface area contributed by atoms with Gasteiger partial charge in [0.1, 0.15) is 5.78 Å². The maximum atomic E-state index is 11.5. The van der Waals surface area contributed by atoms with Crippen LogP contribution in [0.2, 0.25) is 43.8 Å². The lowest BCUT2D eigenvalue weighted by Gasteiger charge is -2.41. The molecular formula is C19H30OSi2. The number of Topliss-reactive ketones (excluding diaryl/α,β-unsaturated/α-hetero) is 1. The molecule has 0 aromatic heterocycles. The molecule has 0 N–H and O–H groups in total. The van der Waals surface area contributed by atoms with E-state index in [1.54, 1.807) is 10.8 Å². The number of rotatable bonds is 2. The third-order valence-corrected chi connectivity index (χ3v) is 13.5. The molecule has 1 aromatic carbocycles. The van der Waals surface area contributed by atoms with Gasteiger partial charge in [0.15, 0.2) is 0 Å². The first-order chi connectivity index (χ1) is 10.4. The lowest BCUT2D eigenvalue weighted by molar-refractivity contribution is -0.118. The molecule has 3 rings (SSSR count). The fourth-order valence-corrected chi connectivity index (χ4v) is 10.6. The molecule has 0 unspecified atom stereocenters. The Balaban J connectivity index is 1.63. The minimum absolute atomic E-state index is 0.530. The van der Waals surface area contributed by atoms with E-state index in [4.69, 9.17) is 0 Å². The van der Waals surface area contributed by atoms with Gasteiger partial charge in [-0.15, -0.1) is 0 Å². The van der Waals surface area contributed by atoms with Gasteiger partial charge >= 0.3 is 0 Å². The molecule has 0 bridgehead atoms. The van der Waals surface area contributed by atoms with E-state index < -0.39 is 16.1 Å². The third kappa shape index (κ3) is 3.46. The normalized spacial score (nSPS) is 23.0. The Morgan fingerprint density at radius 3 is 1.95 bits per heavy atom. The molecule has 0 amide bonds. The van der Waals surface area contributed by atoms with E-state index in [1.165, 1.54) is 37.0 Å². The summed E-state index contributed by atoms with van der Waals surface area (Å²) in [4.78, 5) is 11.5. The lowest BCUT2D eigenvalue weighted by Crippen LogP contribution is -2.41. The van der Waals surface area contributed by atoms with Gasteiger partial charge in [0.2, 0.25) is 0 Å². The van der Waals surface area contributed by atoms with Gasteiger partial charge in [-0.05, 0) is 24.3 Å². The van der Waals surface area contributed by atoms with E-state index in [0.29, 0.717) is 5.78 Å². The van der Waals surface area contributed by atoms with Gasteiger partial charge in [0, 0.05) is 12.8 Å². The molecule has 0 saturated carbocycles. The van der Waals surface area contributed by atoms with Crippen molar-refractivity contribution in [3.8, 4) is 0 Å². The SMILES string of the molecule is C[Si](C)(C)c1ccc(C2CC[Si]3(CCC(=O)CC3)CC2)cc1. The Morgan fingerprint density at radius 2 is 1.45 bits per heavy atom. The van der Waals surface area contributed by atoms with Crippen LogP contribution in [0.15, 0.2) is 24.3 Å². The van der Waals surface area contributed by atoms with Crippen LogP contribution >= 0.6 is 0 Å². The highest BCUT2D eigenvalue weighted by Gasteiger charge is 2.40. The van der Waals surface area contributed by atoms with Crippen molar-refractivity contribution in [2.24, 2.45) is 0 Å². The maximum Gasteiger partial charge on any atom is 0.132 e. The zero-order valence-electron chi connectivity index (χ0n) is 14.5. The van der Waals surface area contributed by atoms with Gasteiger partial charge < -0.3 is 0 Å². The van der Waals surface area contributed by atoms with Crippen molar-refractivity contribution in [3.05, 3.63) is 29.8 Å². The van der Waals surface area contributed by atoms with E-state index in [-0.39, 0.29) is 0 Å². The van der Waals surface area contributed by atoms with E-state index in [9.17, 15) is 4.79 Å². The summed E-state index contributed by atoms with van der Waals surface area (Å²) >= 11 is 0. The maximum absolute atomic E-state index is 11.5. The van der Waals surface area contributed by atoms with E-state index in [0.717, 1.165) is 18.8 Å². The number of carbonyl (C=O) groups excluding carboxylic acids is 1. The predicted molar refractivity (Wildman–Crippen MR) is 101 cm³/mol. The molecule has 2 saturated heterocycles. The van der Waals surface area contributed by atoms with Crippen LogP contribution in [0.25, 0.3) is 0 Å². The van der Waals surface area contributed by atoms with Crippen LogP contribution in [0.4, 0.5) is 0 Å². The summed E-state index contributed by atoms with van der Waals surface area (Å²) in [6, 6.07) is 15.1. The van der Waals surface area contributed by atoms with Crippen molar-refractivity contribution in [1.29, 1.82) is 0 Å². The van der Waals surface area contributed by atoms with Crippen molar-refractivity contribution in [2.75, 3.05) is 0 Å². The summed E-state index contributed by atoms with van der Waals surface area (Å²) < 4.78 is 0. The molecule has 1 nitrogen and oxygen atoms in total. The van der Waals surface area contributed by atoms with Gasteiger partial charge in [0.05, 0.1) is 16.1 Å². The fourth-order valence-electron chi connectivity index (χ4n) is 4.38. The highest BCUT2D eigenvalue weighted by molar-refractivity contribution is 6.88. The monoisotopic (exact) mass is 330 g/mol. The van der Waals surface area contributed by atoms with E-state index in [1.807, 2.05) is 0 Å². The van der Waals surface area contributed by atoms with Crippen molar-refractivity contribution >= 4 is 27.1 Å². The van der Waals surface area contributed by atoms with E-state index >= 15 is 0 Å². The molecule has 22 heavy (non-hydrogen) atoms. The molecule has 2 heterocycles. The second kappa shape index (κ2) is 6.08. The largest absolute Gasteiger partial charge is 0.300 e. The Bertz CT molecular complexity index is 522. The fraction of sp³-hybridized carbons (Fsp3) is 0.632. The van der Waals surface area contributed by atoms with Crippen molar-refractivity contribution in [3.63, 3.8) is 0 Å². The minimum Gasteiger partial charge on any atom is -0.300 e. The first-order valence-corrected chi connectivity index (χ1v) is 15.3. The number of carbonyl (C=O) groups is 1. The van der Waals surface area contributed by atoms with Crippen LogP contribution in [0.1, 0.15) is 37.2 Å². The van der Waals surface area contributed by atoms with Crippen LogP contribution in [0.5, 0.6) is 0 Å². The summed E-state index contributed by atoms with van der Waals surface area (Å²) in [5.74, 6) is 1.31. The number of benzene rings is 1. The van der Waals surface area contributed by atoms with Gasteiger partial charge in [-0.3, -0.25) is 4.79 Å². The van der Waals surface area contributed by atoms with Gasteiger partial charge in [-0.1, -0.05) is 73.3 Å². The quantitative estimate of drug-likeness (QED) is 0.703. The van der Waals surface area contributed by atoms with E-state index in [2.05, 4.69) is 43.9 Å². The molecule has 3 heteroatoms. The van der Waals surface area contributed by atoms with Crippen LogP contribution in [0.3, 0.4) is 0 Å². The van der Waals surface area contributed by atoms with Crippen molar-refractivity contribution in [1.82, 2.24) is 0 Å². The molecule has 1 aromatic rings. The zero-order valence-corrected chi connectivity index (χ0v) is 16.5. The summed E-state index contributed by atoms with van der Waals surface area (Å²) in [6.45, 7) is 7.26. The summed E-state index contributed by atoms with van der Waals surface area (Å²) in [5, 5.41) is 1.57. The summed E-state index contributed by atoms with van der Waals surface area (Å²) in [5.41, 5.74) is 1.57. The summed E-state index contributed by atoms with van der Waals surface area (Å²) in [7, 11) is -2.21. The predicted octanol–water partition coefficient (Wildman–Crippen LogP) is 4.92. The zero-order chi connectivity index (χ0) is 15.8.